The number of thiazole rings is 1. The van der Waals surface area contributed by atoms with E-state index in [1.807, 2.05) is 37.3 Å². The molecule has 1 N–H and O–H groups in total. The second-order valence-electron chi connectivity index (χ2n) is 4.83. The van der Waals surface area contributed by atoms with Crippen LogP contribution in [0.4, 0.5) is 5.13 Å². The summed E-state index contributed by atoms with van der Waals surface area (Å²) in [6, 6.07) is 13.4. The minimum Gasteiger partial charge on any atom is -0.298 e. The zero-order chi connectivity index (χ0) is 15.5. The summed E-state index contributed by atoms with van der Waals surface area (Å²) in [7, 11) is 0. The Morgan fingerprint density at radius 3 is 2.91 bits per heavy atom. The fourth-order valence-electron chi connectivity index (χ4n) is 2.01. The highest BCUT2D eigenvalue weighted by molar-refractivity contribution is 7.22. The number of nitrogens with one attached hydrogen (secondary N) is 1. The lowest BCUT2D eigenvalue weighted by atomic mass is 10.2. The van der Waals surface area contributed by atoms with Crippen LogP contribution < -0.4 is 5.32 Å². The summed E-state index contributed by atoms with van der Waals surface area (Å²) in [6.45, 7) is 2.03. The molecular formula is C17H13ClN2OS. The van der Waals surface area contributed by atoms with Gasteiger partial charge < -0.3 is 0 Å². The predicted molar refractivity (Wildman–Crippen MR) is 93.5 cm³/mol. The second-order valence-corrected chi connectivity index (χ2v) is 6.27. The van der Waals surface area contributed by atoms with Gasteiger partial charge in [-0.3, -0.25) is 10.1 Å². The number of hydrogen-bond donors (Lipinski definition) is 1. The van der Waals surface area contributed by atoms with E-state index in [1.54, 1.807) is 12.1 Å². The van der Waals surface area contributed by atoms with E-state index in [-0.39, 0.29) is 5.91 Å². The number of carbonyl (C=O) groups is 1. The SMILES string of the molecule is Cc1ccc2nc(NC(=O)C=Cc3ccccc3Cl)sc2c1. The van der Waals surface area contributed by atoms with E-state index < -0.39 is 0 Å². The lowest BCUT2D eigenvalue weighted by molar-refractivity contribution is -0.111. The van der Waals surface area contributed by atoms with Crippen molar-refractivity contribution in [3.05, 3.63) is 64.7 Å². The Morgan fingerprint density at radius 1 is 1.27 bits per heavy atom. The van der Waals surface area contributed by atoms with Gasteiger partial charge in [0, 0.05) is 11.1 Å². The van der Waals surface area contributed by atoms with E-state index in [2.05, 4.69) is 16.4 Å². The molecule has 0 aliphatic carbocycles. The van der Waals surface area contributed by atoms with Gasteiger partial charge in [-0.25, -0.2) is 4.98 Å². The van der Waals surface area contributed by atoms with E-state index in [1.165, 1.54) is 23.0 Å². The van der Waals surface area contributed by atoms with Gasteiger partial charge in [-0.1, -0.05) is 47.2 Å². The van der Waals surface area contributed by atoms with Gasteiger partial charge in [0.2, 0.25) is 5.91 Å². The minimum absolute atomic E-state index is 0.226. The van der Waals surface area contributed by atoms with Crippen LogP contribution in [0.3, 0.4) is 0 Å². The van der Waals surface area contributed by atoms with Gasteiger partial charge in [-0.05, 0) is 42.3 Å². The maximum absolute atomic E-state index is 12.0. The molecule has 0 spiro atoms. The number of aryl methyl sites for hydroxylation is 1. The number of rotatable bonds is 3. The Balaban J connectivity index is 1.74. The van der Waals surface area contributed by atoms with Crippen LogP contribution in [0.5, 0.6) is 0 Å². The quantitative estimate of drug-likeness (QED) is 0.694. The summed E-state index contributed by atoms with van der Waals surface area (Å²) >= 11 is 7.50. The van der Waals surface area contributed by atoms with Crippen LogP contribution in [0.25, 0.3) is 16.3 Å². The van der Waals surface area contributed by atoms with Crippen molar-refractivity contribution < 1.29 is 4.79 Å². The van der Waals surface area contributed by atoms with Crippen LogP contribution >= 0.6 is 22.9 Å². The fraction of sp³-hybridized carbons (Fsp3) is 0.0588. The van der Waals surface area contributed by atoms with Crippen LogP contribution in [0, 0.1) is 6.92 Å². The number of amides is 1. The molecule has 1 amide bonds. The Labute approximate surface area is 137 Å². The molecule has 0 aliphatic rings. The number of anilines is 1. The molecule has 0 radical (unpaired) electrons. The Morgan fingerprint density at radius 2 is 2.09 bits per heavy atom. The number of hydrogen-bond acceptors (Lipinski definition) is 3. The highest BCUT2D eigenvalue weighted by atomic mass is 35.5. The first-order valence-electron chi connectivity index (χ1n) is 6.72. The van der Waals surface area contributed by atoms with Crippen molar-refractivity contribution >= 4 is 50.3 Å². The normalized spacial score (nSPS) is 11.2. The molecule has 5 heteroatoms. The number of aromatic nitrogens is 1. The topological polar surface area (TPSA) is 42.0 Å². The Bertz CT molecular complexity index is 870. The van der Waals surface area contributed by atoms with Crippen molar-refractivity contribution in [1.29, 1.82) is 0 Å². The standard InChI is InChI=1S/C17H13ClN2OS/c1-11-6-8-14-15(10-11)22-17(19-14)20-16(21)9-7-12-4-2-3-5-13(12)18/h2-10H,1H3,(H,19,20,21). The molecule has 0 unspecified atom stereocenters. The third kappa shape index (κ3) is 3.35. The minimum atomic E-state index is -0.226. The third-order valence-electron chi connectivity index (χ3n) is 3.09. The molecule has 22 heavy (non-hydrogen) atoms. The first-order valence-corrected chi connectivity index (χ1v) is 7.92. The largest absolute Gasteiger partial charge is 0.298 e. The zero-order valence-corrected chi connectivity index (χ0v) is 13.4. The number of fused-ring (bicyclic) bond motifs is 1. The summed E-state index contributed by atoms with van der Waals surface area (Å²) in [4.78, 5) is 16.4. The summed E-state index contributed by atoms with van der Waals surface area (Å²) < 4.78 is 1.06. The molecule has 1 heterocycles. The molecule has 2 aromatic carbocycles. The van der Waals surface area contributed by atoms with Gasteiger partial charge in [-0.2, -0.15) is 0 Å². The lowest BCUT2D eigenvalue weighted by Gasteiger charge is -1.97. The Kier molecular flexibility index (Phi) is 4.22. The fourth-order valence-corrected chi connectivity index (χ4v) is 3.17. The van der Waals surface area contributed by atoms with E-state index in [4.69, 9.17) is 11.6 Å². The lowest BCUT2D eigenvalue weighted by Crippen LogP contribution is -2.07. The van der Waals surface area contributed by atoms with Crippen molar-refractivity contribution in [3.8, 4) is 0 Å². The summed E-state index contributed by atoms with van der Waals surface area (Å²) in [5, 5.41) is 3.98. The van der Waals surface area contributed by atoms with E-state index in [9.17, 15) is 4.79 Å². The summed E-state index contributed by atoms with van der Waals surface area (Å²) in [5.41, 5.74) is 2.87. The average molecular weight is 329 g/mol. The molecule has 110 valence electrons. The Hall–Kier alpha value is -2.17. The number of carbonyl (C=O) groups excluding carboxylic acids is 1. The number of nitrogens with zero attached hydrogens (tertiary/aromatic N) is 1. The molecule has 0 saturated heterocycles. The molecule has 3 nitrogen and oxygen atoms in total. The van der Waals surface area contributed by atoms with Gasteiger partial charge in [0.15, 0.2) is 5.13 Å². The second kappa shape index (κ2) is 6.30. The summed E-state index contributed by atoms with van der Waals surface area (Å²) in [6.07, 6.45) is 3.15. The van der Waals surface area contributed by atoms with Gasteiger partial charge in [0.1, 0.15) is 0 Å². The molecular weight excluding hydrogens is 316 g/mol. The van der Waals surface area contributed by atoms with Crippen LogP contribution in [0.1, 0.15) is 11.1 Å². The van der Waals surface area contributed by atoms with Crippen LogP contribution in [-0.2, 0) is 4.79 Å². The maximum atomic E-state index is 12.0. The van der Waals surface area contributed by atoms with Crippen molar-refractivity contribution in [2.45, 2.75) is 6.92 Å². The third-order valence-corrected chi connectivity index (χ3v) is 4.37. The van der Waals surface area contributed by atoms with Crippen LogP contribution in [0.15, 0.2) is 48.5 Å². The van der Waals surface area contributed by atoms with Gasteiger partial charge in [0.25, 0.3) is 0 Å². The predicted octanol–water partition coefficient (Wildman–Crippen LogP) is 4.91. The number of benzene rings is 2. The van der Waals surface area contributed by atoms with Crippen molar-refractivity contribution in [1.82, 2.24) is 4.98 Å². The smallest absolute Gasteiger partial charge is 0.250 e. The zero-order valence-electron chi connectivity index (χ0n) is 11.8. The maximum Gasteiger partial charge on any atom is 0.250 e. The van der Waals surface area contributed by atoms with Crippen molar-refractivity contribution in [2.75, 3.05) is 5.32 Å². The van der Waals surface area contributed by atoms with Gasteiger partial charge in [0.05, 0.1) is 10.2 Å². The highest BCUT2D eigenvalue weighted by Crippen LogP contribution is 2.26. The van der Waals surface area contributed by atoms with E-state index in [0.717, 1.165) is 15.8 Å². The van der Waals surface area contributed by atoms with Gasteiger partial charge >= 0.3 is 0 Å². The van der Waals surface area contributed by atoms with Gasteiger partial charge in [-0.15, -0.1) is 0 Å². The molecule has 0 bridgehead atoms. The first kappa shape index (κ1) is 14.8. The summed E-state index contributed by atoms with van der Waals surface area (Å²) in [5.74, 6) is -0.226. The molecule has 0 aliphatic heterocycles. The highest BCUT2D eigenvalue weighted by Gasteiger charge is 2.06. The number of halogens is 1. The van der Waals surface area contributed by atoms with E-state index >= 15 is 0 Å². The molecule has 0 atom stereocenters. The van der Waals surface area contributed by atoms with Crippen LogP contribution in [0.2, 0.25) is 5.02 Å². The first-order chi connectivity index (χ1) is 10.6. The molecule has 3 aromatic rings. The van der Waals surface area contributed by atoms with E-state index in [0.29, 0.717) is 10.2 Å². The molecule has 3 rings (SSSR count). The monoisotopic (exact) mass is 328 g/mol. The van der Waals surface area contributed by atoms with Crippen molar-refractivity contribution in [2.24, 2.45) is 0 Å². The molecule has 1 aromatic heterocycles. The van der Waals surface area contributed by atoms with Crippen molar-refractivity contribution in [3.63, 3.8) is 0 Å². The average Bonchev–Trinajstić information content (AvgIpc) is 2.87. The van der Waals surface area contributed by atoms with Crippen LogP contribution in [-0.4, -0.2) is 10.9 Å². The molecule has 0 fully saturated rings. The molecule has 0 saturated carbocycles.